The van der Waals surface area contributed by atoms with Crippen LogP contribution in [0.1, 0.15) is 65.4 Å². The fraction of sp³-hybridized carbons (Fsp3) is 0.450. The molecule has 1 heterocycles. The number of hydrogen-bond acceptors (Lipinski definition) is 5. The van der Waals surface area contributed by atoms with Crippen molar-refractivity contribution in [2.24, 2.45) is 0 Å². The largest absolute Gasteiger partial charge is 0.464 e. The van der Waals surface area contributed by atoms with Crippen LogP contribution in [-0.4, -0.2) is 35.4 Å². The number of carbonyl (C=O) groups excluding carboxylic acids is 2. The van der Waals surface area contributed by atoms with E-state index in [1.54, 1.807) is 4.90 Å². The smallest absolute Gasteiger partial charge is 0.360 e. The number of amides is 1. The van der Waals surface area contributed by atoms with Crippen LogP contribution in [0.4, 0.5) is 0 Å². The quantitative estimate of drug-likeness (QED) is 0.637. The number of oxazole rings is 1. The van der Waals surface area contributed by atoms with Crippen molar-refractivity contribution in [3.05, 3.63) is 53.2 Å². The molecule has 1 aromatic carbocycles. The normalized spacial score (nSPS) is 10.6. The number of aryl methyl sites for hydroxylation is 1. The highest BCUT2D eigenvalue weighted by molar-refractivity contribution is 5.94. The van der Waals surface area contributed by atoms with Crippen LogP contribution in [0.3, 0.4) is 0 Å². The predicted octanol–water partition coefficient (Wildman–Crippen LogP) is 3.86. The van der Waals surface area contributed by atoms with Crippen LogP contribution in [0.5, 0.6) is 0 Å². The summed E-state index contributed by atoms with van der Waals surface area (Å²) >= 11 is 0. The van der Waals surface area contributed by atoms with Crippen molar-refractivity contribution < 1.29 is 18.7 Å². The molecule has 0 bridgehead atoms. The predicted molar refractivity (Wildman–Crippen MR) is 97.9 cm³/mol. The molecule has 6 heteroatoms. The summed E-state index contributed by atoms with van der Waals surface area (Å²) in [5.74, 6) is -0.325. The number of nitrogens with zero attached hydrogens (tertiary/aromatic N) is 2. The number of carbonyl (C=O) groups is 2. The van der Waals surface area contributed by atoms with E-state index in [0.29, 0.717) is 18.0 Å². The van der Waals surface area contributed by atoms with Crippen molar-refractivity contribution in [1.82, 2.24) is 9.88 Å². The lowest BCUT2D eigenvalue weighted by molar-refractivity contribution is 0.0594. The Labute approximate surface area is 154 Å². The third-order valence-electron chi connectivity index (χ3n) is 4.07. The molecule has 0 atom stereocenters. The van der Waals surface area contributed by atoms with E-state index in [2.05, 4.69) is 16.6 Å². The van der Waals surface area contributed by atoms with Crippen LogP contribution >= 0.6 is 0 Å². The van der Waals surface area contributed by atoms with Gasteiger partial charge < -0.3 is 14.1 Å². The lowest BCUT2D eigenvalue weighted by Gasteiger charge is -2.20. The Hall–Kier alpha value is -2.63. The summed E-state index contributed by atoms with van der Waals surface area (Å²) in [5.41, 5.74) is 1.98. The molecule has 0 aliphatic carbocycles. The summed E-state index contributed by atoms with van der Waals surface area (Å²) < 4.78 is 9.92. The number of rotatable bonds is 9. The topological polar surface area (TPSA) is 72.6 Å². The van der Waals surface area contributed by atoms with E-state index < -0.39 is 5.97 Å². The standard InChI is InChI=1S/C20H26N2O4/c1-4-6-7-15-8-10-16(11-9-15)19(23)22(12-5-2)13-18-21-17(14-26-18)20(24)25-3/h8-11,14H,4-7,12-13H2,1-3H3. The third kappa shape index (κ3) is 5.18. The van der Waals surface area contributed by atoms with Gasteiger partial charge in [-0.1, -0.05) is 32.4 Å². The third-order valence-corrected chi connectivity index (χ3v) is 4.07. The number of hydrogen-bond donors (Lipinski definition) is 0. The van der Waals surface area contributed by atoms with Crippen LogP contribution in [-0.2, 0) is 17.7 Å². The average molecular weight is 358 g/mol. The zero-order valence-electron chi connectivity index (χ0n) is 15.7. The zero-order valence-corrected chi connectivity index (χ0v) is 15.7. The van der Waals surface area contributed by atoms with Gasteiger partial charge in [-0.15, -0.1) is 0 Å². The fourth-order valence-electron chi connectivity index (χ4n) is 2.64. The summed E-state index contributed by atoms with van der Waals surface area (Å²) in [6, 6.07) is 7.75. The van der Waals surface area contributed by atoms with Gasteiger partial charge in [-0.3, -0.25) is 4.79 Å². The van der Waals surface area contributed by atoms with Crippen LogP contribution in [0.25, 0.3) is 0 Å². The van der Waals surface area contributed by atoms with Crippen molar-refractivity contribution in [2.75, 3.05) is 13.7 Å². The zero-order chi connectivity index (χ0) is 18.9. The Morgan fingerprint density at radius 2 is 1.88 bits per heavy atom. The van der Waals surface area contributed by atoms with Gasteiger partial charge >= 0.3 is 5.97 Å². The molecule has 140 valence electrons. The molecule has 0 aliphatic heterocycles. The van der Waals surface area contributed by atoms with E-state index in [1.807, 2.05) is 31.2 Å². The van der Waals surface area contributed by atoms with Crippen molar-refractivity contribution in [2.45, 2.75) is 46.1 Å². The van der Waals surface area contributed by atoms with E-state index in [9.17, 15) is 9.59 Å². The second-order valence-corrected chi connectivity index (χ2v) is 6.15. The molecule has 0 saturated carbocycles. The first kappa shape index (κ1) is 19.7. The number of benzene rings is 1. The maximum Gasteiger partial charge on any atom is 0.360 e. The highest BCUT2D eigenvalue weighted by Crippen LogP contribution is 2.14. The van der Waals surface area contributed by atoms with Crippen molar-refractivity contribution in [3.8, 4) is 0 Å². The molecule has 26 heavy (non-hydrogen) atoms. The van der Waals surface area contributed by atoms with Crippen molar-refractivity contribution >= 4 is 11.9 Å². The van der Waals surface area contributed by atoms with Gasteiger partial charge in [0, 0.05) is 12.1 Å². The molecule has 0 unspecified atom stereocenters. The molecular weight excluding hydrogens is 332 g/mol. The second-order valence-electron chi connectivity index (χ2n) is 6.15. The average Bonchev–Trinajstić information content (AvgIpc) is 3.14. The number of esters is 1. The maximum absolute atomic E-state index is 12.8. The van der Waals surface area contributed by atoms with E-state index >= 15 is 0 Å². The van der Waals surface area contributed by atoms with Crippen LogP contribution in [0.15, 0.2) is 34.9 Å². The first-order chi connectivity index (χ1) is 12.6. The van der Waals surface area contributed by atoms with E-state index in [1.165, 1.54) is 18.9 Å². The first-order valence-electron chi connectivity index (χ1n) is 9.00. The molecule has 0 saturated heterocycles. The van der Waals surface area contributed by atoms with Gasteiger partial charge in [0.1, 0.15) is 6.26 Å². The molecule has 0 N–H and O–H groups in total. The van der Waals surface area contributed by atoms with Gasteiger partial charge in [0.05, 0.1) is 13.7 Å². The van der Waals surface area contributed by atoms with Gasteiger partial charge in [-0.2, -0.15) is 0 Å². The molecule has 2 rings (SSSR count). The molecule has 0 radical (unpaired) electrons. The Morgan fingerprint density at radius 1 is 1.15 bits per heavy atom. The molecule has 2 aromatic rings. The number of aromatic nitrogens is 1. The lowest BCUT2D eigenvalue weighted by Crippen LogP contribution is -2.31. The summed E-state index contributed by atoms with van der Waals surface area (Å²) in [4.78, 5) is 30.1. The fourth-order valence-corrected chi connectivity index (χ4v) is 2.64. The monoisotopic (exact) mass is 358 g/mol. The number of methoxy groups -OCH3 is 1. The van der Waals surface area contributed by atoms with Crippen molar-refractivity contribution in [3.63, 3.8) is 0 Å². The lowest BCUT2D eigenvalue weighted by atomic mass is 10.1. The van der Waals surface area contributed by atoms with Gasteiger partial charge in [0.25, 0.3) is 5.91 Å². The Morgan fingerprint density at radius 3 is 2.50 bits per heavy atom. The summed E-state index contributed by atoms with van der Waals surface area (Å²) in [5, 5.41) is 0. The van der Waals surface area contributed by atoms with E-state index in [-0.39, 0.29) is 18.1 Å². The highest BCUT2D eigenvalue weighted by atomic mass is 16.5. The van der Waals surface area contributed by atoms with Gasteiger partial charge in [0.15, 0.2) is 5.69 Å². The number of ether oxygens (including phenoxy) is 1. The Kier molecular flexibility index (Phi) is 7.38. The maximum atomic E-state index is 12.8. The summed E-state index contributed by atoms with van der Waals surface area (Å²) in [7, 11) is 1.29. The van der Waals surface area contributed by atoms with Crippen LogP contribution < -0.4 is 0 Å². The Bertz CT molecular complexity index is 722. The van der Waals surface area contributed by atoms with Crippen LogP contribution in [0, 0.1) is 0 Å². The van der Waals surface area contributed by atoms with Gasteiger partial charge in [0.2, 0.25) is 5.89 Å². The molecule has 6 nitrogen and oxygen atoms in total. The molecule has 0 spiro atoms. The Balaban J connectivity index is 2.09. The van der Waals surface area contributed by atoms with Crippen LogP contribution in [0.2, 0.25) is 0 Å². The minimum absolute atomic E-state index is 0.0771. The molecule has 1 aromatic heterocycles. The second kappa shape index (κ2) is 9.75. The molecule has 0 fully saturated rings. The molecule has 1 amide bonds. The molecule has 0 aliphatic rings. The van der Waals surface area contributed by atoms with Gasteiger partial charge in [-0.05, 0) is 37.0 Å². The minimum Gasteiger partial charge on any atom is -0.464 e. The number of unbranched alkanes of at least 4 members (excludes halogenated alkanes) is 1. The first-order valence-corrected chi connectivity index (χ1v) is 9.00. The highest BCUT2D eigenvalue weighted by Gasteiger charge is 2.19. The van der Waals surface area contributed by atoms with E-state index in [0.717, 1.165) is 25.7 Å². The summed E-state index contributed by atoms with van der Waals surface area (Å²) in [6.45, 7) is 4.95. The van der Waals surface area contributed by atoms with Gasteiger partial charge in [-0.25, -0.2) is 9.78 Å². The summed E-state index contributed by atoms with van der Waals surface area (Å²) in [6.07, 6.45) is 5.37. The SMILES string of the molecule is CCCCc1ccc(C(=O)N(CCC)Cc2nc(C(=O)OC)co2)cc1. The van der Waals surface area contributed by atoms with Crippen molar-refractivity contribution in [1.29, 1.82) is 0 Å². The molecular formula is C20H26N2O4. The van der Waals surface area contributed by atoms with E-state index in [4.69, 9.17) is 4.42 Å². The minimum atomic E-state index is -0.559.